The van der Waals surface area contributed by atoms with Crippen LogP contribution in [-0.4, -0.2) is 60.5 Å². The first-order valence-corrected chi connectivity index (χ1v) is 10.4. The molecule has 0 saturated carbocycles. The average Bonchev–Trinajstić information content (AvgIpc) is 2.66. The molecule has 0 amide bonds. The van der Waals surface area contributed by atoms with Crippen LogP contribution in [0.25, 0.3) is 0 Å². The number of halogens is 2. The summed E-state index contributed by atoms with van der Waals surface area (Å²) in [4.78, 5) is 17.1. The summed E-state index contributed by atoms with van der Waals surface area (Å²) in [6, 6.07) is 3.79. The maximum absolute atomic E-state index is 10.2. The van der Waals surface area contributed by atoms with Crippen LogP contribution in [0, 0.1) is 7.14 Å². The summed E-state index contributed by atoms with van der Waals surface area (Å²) in [5.41, 5.74) is 0.713. The van der Waals surface area contributed by atoms with E-state index in [1.807, 2.05) is 31.1 Å². The van der Waals surface area contributed by atoms with Crippen LogP contribution in [0.3, 0.4) is 0 Å². The van der Waals surface area contributed by atoms with Crippen molar-refractivity contribution in [3.63, 3.8) is 0 Å². The third-order valence-corrected chi connectivity index (χ3v) is 5.25. The summed E-state index contributed by atoms with van der Waals surface area (Å²) < 4.78 is 7.20. The van der Waals surface area contributed by atoms with Gasteiger partial charge in [-0.3, -0.25) is 0 Å². The molecule has 0 radical (unpaired) electrons. The molecule has 0 aliphatic carbocycles. The number of hydrogen-bond acceptors (Lipinski definition) is 9. The number of nitrogens with zero attached hydrogens (tertiary/aromatic N) is 7. The number of azo groups is 1. The van der Waals surface area contributed by atoms with Crippen molar-refractivity contribution in [3.05, 3.63) is 24.8 Å². The predicted octanol–water partition coefficient (Wildman–Crippen LogP) is 2.97. The summed E-state index contributed by atoms with van der Waals surface area (Å²) in [5.74, 6) is 1.56. The lowest BCUT2D eigenvalue weighted by Gasteiger charge is -2.27. The number of phenolic OH excluding ortho intramolecular Hbond substituents is 1. The van der Waals surface area contributed by atoms with Gasteiger partial charge in [0.2, 0.25) is 11.9 Å². The molecule has 1 aromatic carbocycles. The highest BCUT2D eigenvalue weighted by atomic mass is 127. The van der Waals surface area contributed by atoms with Crippen molar-refractivity contribution in [2.24, 2.45) is 10.2 Å². The van der Waals surface area contributed by atoms with Crippen molar-refractivity contribution >= 4 is 63.0 Å². The van der Waals surface area contributed by atoms with E-state index in [2.05, 4.69) is 70.4 Å². The number of anilines is 2. The lowest BCUT2D eigenvalue weighted by Crippen LogP contribution is -2.37. The zero-order valence-corrected chi connectivity index (χ0v) is 19.2. The molecule has 1 saturated heterocycles. The first kappa shape index (κ1) is 20.4. The van der Waals surface area contributed by atoms with Gasteiger partial charge in [0.25, 0.3) is 5.95 Å². The van der Waals surface area contributed by atoms with Crippen molar-refractivity contribution in [2.75, 3.05) is 50.2 Å². The Labute approximate surface area is 184 Å². The minimum absolute atomic E-state index is 0.230. The third-order valence-electron chi connectivity index (χ3n) is 3.80. The highest BCUT2D eigenvalue weighted by Gasteiger charge is 2.17. The van der Waals surface area contributed by atoms with Gasteiger partial charge in [-0.25, -0.2) is 0 Å². The van der Waals surface area contributed by atoms with Crippen LogP contribution in [0.1, 0.15) is 5.56 Å². The number of aromatic hydroxyl groups is 1. The van der Waals surface area contributed by atoms with E-state index in [0.717, 1.165) is 20.2 Å². The minimum Gasteiger partial charge on any atom is -0.506 e. The zero-order valence-electron chi connectivity index (χ0n) is 14.9. The Morgan fingerprint density at radius 2 is 1.93 bits per heavy atom. The van der Waals surface area contributed by atoms with Crippen molar-refractivity contribution < 1.29 is 9.84 Å². The molecule has 2 heterocycles. The number of morpholine rings is 1. The summed E-state index contributed by atoms with van der Waals surface area (Å²) in [6.07, 6.45) is 0. The molecule has 1 aliphatic heterocycles. The fourth-order valence-electron chi connectivity index (χ4n) is 2.41. The molecular formula is C16H19I2N7O2. The maximum atomic E-state index is 10.2. The molecule has 0 unspecified atom stereocenters. The van der Waals surface area contributed by atoms with Crippen molar-refractivity contribution in [1.29, 1.82) is 0 Å². The Kier molecular flexibility index (Phi) is 6.97. The number of hydrogen-bond donors (Lipinski definition) is 1. The lowest BCUT2D eigenvalue weighted by molar-refractivity contribution is 0.122. The van der Waals surface area contributed by atoms with E-state index in [9.17, 15) is 5.11 Å². The van der Waals surface area contributed by atoms with Gasteiger partial charge in [0.1, 0.15) is 5.75 Å². The Balaban J connectivity index is 1.83. The van der Waals surface area contributed by atoms with E-state index in [-0.39, 0.29) is 18.2 Å². The number of aromatic nitrogens is 3. The molecule has 1 aromatic heterocycles. The fourth-order valence-corrected chi connectivity index (χ4v) is 4.37. The quantitative estimate of drug-likeness (QED) is 0.420. The second-order valence-corrected chi connectivity index (χ2v) is 8.43. The normalized spacial score (nSPS) is 14.7. The fraction of sp³-hybridized carbons (Fsp3) is 0.438. The largest absolute Gasteiger partial charge is 0.506 e. The first-order valence-electron chi connectivity index (χ1n) is 8.24. The van der Waals surface area contributed by atoms with Crippen LogP contribution in [-0.2, 0) is 11.3 Å². The first-order chi connectivity index (χ1) is 12.9. The van der Waals surface area contributed by atoms with Crippen LogP contribution < -0.4 is 9.80 Å². The van der Waals surface area contributed by atoms with Gasteiger partial charge in [0.05, 0.1) is 23.3 Å². The summed E-state index contributed by atoms with van der Waals surface area (Å²) in [7, 11) is 3.73. The maximum Gasteiger partial charge on any atom is 0.275 e. The Morgan fingerprint density at radius 3 is 2.63 bits per heavy atom. The summed E-state index contributed by atoms with van der Waals surface area (Å²) in [6.45, 7) is 2.98. The zero-order chi connectivity index (χ0) is 19.4. The van der Waals surface area contributed by atoms with Crippen molar-refractivity contribution in [1.82, 2.24) is 15.0 Å². The van der Waals surface area contributed by atoms with Crippen LogP contribution in [0.2, 0.25) is 0 Å². The molecule has 9 nitrogen and oxygen atoms in total. The molecule has 3 rings (SSSR count). The number of benzene rings is 1. The second kappa shape index (κ2) is 9.23. The van der Waals surface area contributed by atoms with E-state index < -0.39 is 0 Å². The molecule has 11 heteroatoms. The molecule has 2 aromatic rings. The van der Waals surface area contributed by atoms with E-state index in [4.69, 9.17) is 4.74 Å². The van der Waals surface area contributed by atoms with Gasteiger partial charge in [0.15, 0.2) is 0 Å². The number of phenols is 1. The molecule has 1 aliphatic rings. The topological polar surface area (TPSA) is 99.3 Å². The van der Waals surface area contributed by atoms with E-state index >= 15 is 0 Å². The highest BCUT2D eigenvalue weighted by molar-refractivity contribution is 14.1. The number of ether oxygens (including phenoxy) is 1. The van der Waals surface area contributed by atoms with Crippen molar-refractivity contribution in [3.8, 4) is 5.75 Å². The highest BCUT2D eigenvalue weighted by Crippen LogP contribution is 2.28. The monoisotopic (exact) mass is 595 g/mol. The standard InChI is InChI=1S/C16H19I2N7O2/c1-24(2)15-20-14(21-16(22-15)25-3-5-27-6-4-25)23-19-9-10-7-11(17)8-12(18)13(10)26/h7-8,26H,3-6,9H2,1-2H3. The second-order valence-electron chi connectivity index (χ2n) is 6.02. The van der Waals surface area contributed by atoms with Crippen LogP contribution in [0.15, 0.2) is 22.4 Å². The van der Waals surface area contributed by atoms with E-state index in [1.54, 1.807) is 4.90 Å². The Morgan fingerprint density at radius 1 is 1.19 bits per heavy atom. The molecule has 0 spiro atoms. The molecule has 27 heavy (non-hydrogen) atoms. The van der Waals surface area contributed by atoms with Gasteiger partial charge in [-0.15, -0.1) is 5.11 Å². The average molecular weight is 595 g/mol. The van der Waals surface area contributed by atoms with Gasteiger partial charge < -0.3 is 19.6 Å². The number of rotatable bonds is 5. The summed E-state index contributed by atoms with van der Waals surface area (Å²) >= 11 is 4.31. The Hall–Kier alpha value is -1.35. The molecule has 0 atom stereocenters. The van der Waals surface area contributed by atoms with Crippen molar-refractivity contribution in [2.45, 2.75) is 6.54 Å². The summed E-state index contributed by atoms with van der Waals surface area (Å²) in [5, 5.41) is 18.5. The smallest absolute Gasteiger partial charge is 0.275 e. The van der Waals surface area contributed by atoms with E-state index in [1.165, 1.54) is 0 Å². The van der Waals surface area contributed by atoms with Gasteiger partial charge >= 0.3 is 0 Å². The van der Waals surface area contributed by atoms with Gasteiger partial charge in [-0.1, -0.05) is 0 Å². The molecule has 1 fully saturated rings. The molecule has 1 N–H and O–H groups in total. The lowest BCUT2D eigenvalue weighted by atomic mass is 10.2. The van der Waals surface area contributed by atoms with Gasteiger partial charge in [-0.05, 0) is 57.3 Å². The van der Waals surface area contributed by atoms with Crippen LogP contribution >= 0.6 is 45.2 Å². The molecular weight excluding hydrogens is 576 g/mol. The third kappa shape index (κ3) is 5.34. The molecule has 144 valence electrons. The Bertz CT molecular complexity index is 842. The van der Waals surface area contributed by atoms with E-state index in [0.29, 0.717) is 30.7 Å². The van der Waals surface area contributed by atoms with Gasteiger partial charge in [0, 0.05) is 36.3 Å². The van der Waals surface area contributed by atoms with Crippen LogP contribution in [0.5, 0.6) is 5.75 Å². The SMILES string of the molecule is CN(C)c1nc(N=NCc2cc(I)cc(I)c2O)nc(N2CCOCC2)n1. The predicted molar refractivity (Wildman–Crippen MR) is 119 cm³/mol. The molecule has 0 bridgehead atoms. The minimum atomic E-state index is 0.230. The van der Waals surface area contributed by atoms with Gasteiger partial charge in [-0.2, -0.15) is 20.1 Å². The van der Waals surface area contributed by atoms with Crippen LogP contribution in [0.4, 0.5) is 17.8 Å².